The van der Waals surface area contributed by atoms with Gasteiger partial charge in [0.15, 0.2) is 12.4 Å². The van der Waals surface area contributed by atoms with Gasteiger partial charge in [0.1, 0.15) is 24.4 Å². The van der Waals surface area contributed by atoms with Gasteiger partial charge >= 0.3 is 5.97 Å². The van der Waals surface area contributed by atoms with Crippen LogP contribution in [0.3, 0.4) is 0 Å². The summed E-state index contributed by atoms with van der Waals surface area (Å²) >= 11 is 0. The monoisotopic (exact) mass is 1230 g/mol. The fourth-order valence-electron chi connectivity index (χ4n) is 11.8. The fraction of sp³-hybridized carbons (Fsp3) is 0.868. The Morgan fingerprint density at radius 2 is 0.793 bits per heavy atom. The summed E-state index contributed by atoms with van der Waals surface area (Å²) in [4.78, 5) is 26.7. The predicted molar refractivity (Wildman–Crippen MR) is 366 cm³/mol. The molecule has 0 aromatic rings. The lowest BCUT2D eigenvalue weighted by atomic mass is 9.99. The zero-order chi connectivity index (χ0) is 63.1. The van der Waals surface area contributed by atoms with E-state index in [0.717, 1.165) is 64.2 Å². The van der Waals surface area contributed by atoms with Gasteiger partial charge in [0.2, 0.25) is 5.91 Å². The van der Waals surface area contributed by atoms with Crippen molar-refractivity contribution in [1.82, 2.24) is 5.32 Å². The Labute approximate surface area is 536 Å². The third kappa shape index (κ3) is 50.9. The second kappa shape index (κ2) is 63.8. The lowest BCUT2D eigenvalue weighted by Crippen LogP contribution is -2.61. The molecule has 87 heavy (non-hydrogen) atoms. The van der Waals surface area contributed by atoms with Crippen molar-refractivity contribution in [2.24, 2.45) is 0 Å². The van der Waals surface area contributed by atoms with E-state index < -0.39 is 67.4 Å². The summed E-state index contributed by atoms with van der Waals surface area (Å²) in [6.45, 7) is 5.81. The van der Waals surface area contributed by atoms with E-state index in [9.17, 15) is 35.1 Å². The van der Waals surface area contributed by atoms with Crippen LogP contribution in [0.4, 0.5) is 0 Å². The number of nitrogens with one attached hydrogen (secondary N) is 1. The number of unbranched alkanes of at least 4 members (excludes halogenated alkanes) is 45. The van der Waals surface area contributed by atoms with Gasteiger partial charge < -0.3 is 45.1 Å². The molecule has 0 radical (unpaired) electrons. The number of esters is 1. The molecule has 8 unspecified atom stereocenters. The molecule has 0 aromatic carbocycles. The lowest BCUT2D eigenvalue weighted by molar-refractivity contribution is -0.305. The van der Waals surface area contributed by atoms with Gasteiger partial charge in [0.05, 0.1) is 25.4 Å². The van der Waals surface area contributed by atoms with Crippen LogP contribution in [0.25, 0.3) is 0 Å². The van der Waals surface area contributed by atoms with E-state index in [-0.39, 0.29) is 13.0 Å². The molecule has 1 fully saturated rings. The molecule has 0 bridgehead atoms. The van der Waals surface area contributed by atoms with E-state index >= 15 is 0 Å². The third-order valence-electron chi connectivity index (χ3n) is 17.7. The number of hydrogen-bond donors (Lipinski definition) is 6. The van der Waals surface area contributed by atoms with Crippen LogP contribution in [-0.2, 0) is 23.8 Å². The maximum Gasteiger partial charge on any atom is 0.306 e. The Bertz CT molecular complexity index is 1600. The molecule has 0 saturated carbocycles. The molecule has 8 atom stereocenters. The Kier molecular flexibility index (Phi) is 60.6. The molecule has 510 valence electrons. The van der Waals surface area contributed by atoms with Crippen molar-refractivity contribution in [3.8, 4) is 0 Å². The summed E-state index contributed by atoms with van der Waals surface area (Å²) in [5, 5.41) is 57.3. The number of aliphatic hydroxyl groups is 5. The van der Waals surface area contributed by atoms with Gasteiger partial charge in [-0.1, -0.05) is 320 Å². The molecule has 1 saturated heterocycles. The molecule has 1 amide bonds. The zero-order valence-corrected chi connectivity index (χ0v) is 56.9. The first-order valence-corrected chi connectivity index (χ1v) is 37.4. The molecule has 0 aliphatic carbocycles. The first kappa shape index (κ1) is 82.6. The van der Waals surface area contributed by atoms with Crippen LogP contribution in [-0.4, -0.2) is 99.6 Å². The van der Waals surface area contributed by atoms with Crippen molar-refractivity contribution in [3.63, 3.8) is 0 Å². The largest absolute Gasteiger partial charge is 0.454 e. The van der Waals surface area contributed by atoms with Gasteiger partial charge in [0, 0.05) is 6.42 Å². The molecule has 11 heteroatoms. The van der Waals surface area contributed by atoms with E-state index in [1.54, 1.807) is 6.08 Å². The third-order valence-corrected chi connectivity index (χ3v) is 17.7. The molecular formula is C76H141NO10. The number of carbonyl (C=O) groups is 2. The maximum absolute atomic E-state index is 13.5. The molecule has 1 heterocycles. The topological polar surface area (TPSA) is 175 Å². The summed E-state index contributed by atoms with van der Waals surface area (Å²) in [5.74, 6) is -1.18. The number of allylic oxidation sites excluding steroid dienone is 7. The van der Waals surface area contributed by atoms with Crippen molar-refractivity contribution in [3.05, 3.63) is 48.6 Å². The second-order valence-electron chi connectivity index (χ2n) is 26.0. The van der Waals surface area contributed by atoms with Crippen LogP contribution in [0.15, 0.2) is 48.6 Å². The number of aliphatic hydroxyl groups excluding tert-OH is 5. The summed E-state index contributed by atoms with van der Waals surface area (Å²) in [7, 11) is 0. The van der Waals surface area contributed by atoms with E-state index in [4.69, 9.17) is 14.2 Å². The van der Waals surface area contributed by atoms with Crippen molar-refractivity contribution < 1.29 is 49.3 Å². The molecule has 1 rings (SSSR count). The van der Waals surface area contributed by atoms with Crippen molar-refractivity contribution in [2.75, 3.05) is 13.2 Å². The standard InChI is InChI=1S/C76H141NO10/c1-4-7-10-13-16-19-22-24-26-28-30-32-33-34-35-36-37-38-40-42-44-46-49-52-55-58-61-64-71(81)87-74-73(83)72(82)70(65-78)86-76(74)85-66-67(68(79)62-59-56-53-50-47-21-18-15-12-9-6-3)77-75(84)69(80)63-60-57-54-51-48-45-43-41-39-31-29-27-25-23-20-17-14-11-8-5-2/h16,19,24-27,59,62,67-70,72-74,76,78-80,82-83H,4-15,17-18,20-23,28-58,60-61,63-66H2,1-3H3,(H,77,84)/b19-16-,26-24-,27-25+,62-59+. The van der Waals surface area contributed by atoms with Gasteiger partial charge in [0.25, 0.3) is 0 Å². The SMILES string of the molecule is CCCCC/C=C\C/C=C\CCCCCCCCCCCCCCCCCCCC(=O)OC1C(OCC(NC(=O)C(O)CCCCCCCCCCCC/C=C/CCCCCCCC)C(O)/C=C/CCCCCCCCCCC)OC(CO)C(O)C1O. The molecule has 6 N–H and O–H groups in total. The number of rotatable bonds is 65. The Morgan fingerprint density at radius 3 is 1.21 bits per heavy atom. The fourth-order valence-corrected chi connectivity index (χ4v) is 11.8. The molecule has 0 spiro atoms. The number of amides is 1. The normalized spacial score (nSPS) is 18.5. The smallest absolute Gasteiger partial charge is 0.306 e. The van der Waals surface area contributed by atoms with Crippen molar-refractivity contribution >= 4 is 11.9 Å². The highest BCUT2D eigenvalue weighted by Crippen LogP contribution is 2.26. The van der Waals surface area contributed by atoms with Crippen LogP contribution < -0.4 is 5.32 Å². The summed E-state index contributed by atoms with van der Waals surface area (Å²) < 4.78 is 17.7. The Balaban J connectivity index is 2.50. The van der Waals surface area contributed by atoms with Crippen LogP contribution in [0.1, 0.15) is 361 Å². The van der Waals surface area contributed by atoms with Gasteiger partial charge in [-0.2, -0.15) is 0 Å². The van der Waals surface area contributed by atoms with Crippen LogP contribution in [0, 0.1) is 0 Å². The summed E-state index contributed by atoms with van der Waals surface area (Å²) in [6, 6.07) is -1.02. The minimum absolute atomic E-state index is 0.127. The van der Waals surface area contributed by atoms with Gasteiger partial charge in [-0.25, -0.2) is 0 Å². The molecule has 0 aromatic heterocycles. The number of ether oxygens (including phenoxy) is 3. The highest BCUT2D eigenvalue weighted by atomic mass is 16.7. The molecular weight excluding hydrogens is 1090 g/mol. The first-order chi connectivity index (χ1) is 42.7. The molecule has 1 aliphatic rings. The van der Waals surface area contributed by atoms with Gasteiger partial charge in [-0.05, 0) is 83.5 Å². The Hall–Kier alpha value is -2.38. The second-order valence-corrected chi connectivity index (χ2v) is 26.0. The van der Waals surface area contributed by atoms with Gasteiger partial charge in [-0.3, -0.25) is 9.59 Å². The minimum atomic E-state index is -1.61. The minimum Gasteiger partial charge on any atom is -0.454 e. The van der Waals surface area contributed by atoms with Crippen LogP contribution >= 0.6 is 0 Å². The van der Waals surface area contributed by atoms with Crippen LogP contribution in [0.5, 0.6) is 0 Å². The number of hydrogen-bond acceptors (Lipinski definition) is 10. The van der Waals surface area contributed by atoms with Crippen LogP contribution in [0.2, 0.25) is 0 Å². The molecule has 11 nitrogen and oxygen atoms in total. The average molecular weight is 1230 g/mol. The van der Waals surface area contributed by atoms with E-state index in [1.165, 1.54) is 250 Å². The Morgan fingerprint density at radius 1 is 0.448 bits per heavy atom. The maximum atomic E-state index is 13.5. The quantitative estimate of drug-likeness (QED) is 0.0195. The summed E-state index contributed by atoms with van der Waals surface area (Å²) in [6.07, 6.45) is 70.2. The van der Waals surface area contributed by atoms with E-state index in [2.05, 4.69) is 62.5 Å². The highest BCUT2D eigenvalue weighted by molar-refractivity contribution is 5.80. The molecule has 1 aliphatic heterocycles. The first-order valence-electron chi connectivity index (χ1n) is 37.4. The van der Waals surface area contributed by atoms with Gasteiger partial charge in [-0.15, -0.1) is 0 Å². The average Bonchev–Trinajstić information content (AvgIpc) is 2.93. The van der Waals surface area contributed by atoms with Crippen molar-refractivity contribution in [1.29, 1.82) is 0 Å². The summed E-state index contributed by atoms with van der Waals surface area (Å²) in [5.41, 5.74) is 0. The zero-order valence-electron chi connectivity index (χ0n) is 56.9. The van der Waals surface area contributed by atoms with E-state index in [1.807, 2.05) is 6.08 Å². The number of carbonyl (C=O) groups excluding carboxylic acids is 2. The predicted octanol–water partition coefficient (Wildman–Crippen LogP) is 19.5. The lowest BCUT2D eigenvalue weighted by Gasteiger charge is -2.41. The van der Waals surface area contributed by atoms with Crippen molar-refractivity contribution in [2.45, 2.75) is 410 Å². The van der Waals surface area contributed by atoms with E-state index in [0.29, 0.717) is 19.3 Å². The highest BCUT2D eigenvalue weighted by Gasteiger charge is 2.47.